The van der Waals surface area contributed by atoms with Gasteiger partial charge in [-0.15, -0.1) is 0 Å². The number of ether oxygens (including phenoxy) is 3. The van der Waals surface area contributed by atoms with Crippen molar-refractivity contribution in [2.75, 3.05) is 14.2 Å². The molecule has 20 heavy (non-hydrogen) atoms. The summed E-state index contributed by atoms with van der Waals surface area (Å²) in [6.45, 7) is 3.60. The van der Waals surface area contributed by atoms with E-state index in [4.69, 9.17) is 9.47 Å². The Balaban J connectivity index is 2.97. The Morgan fingerprint density at radius 2 is 1.95 bits per heavy atom. The topological polar surface area (TPSA) is 73.9 Å². The zero-order chi connectivity index (χ0) is 15.0. The maximum Gasteiger partial charge on any atom is 0.508 e. The van der Waals surface area contributed by atoms with Crippen LogP contribution in [-0.2, 0) is 14.3 Å². The van der Waals surface area contributed by atoms with E-state index in [1.807, 2.05) is 0 Å². The molecule has 2 atom stereocenters. The number of benzene rings is 1. The van der Waals surface area contributed by atoms with Crippen LogP contribution in [0.4, 0.5) is 4.79 Å². The Labute approximate surface area is 117 Å². The number of methoxy groups -OCH3 is 2. The fraction of sp³-hybridized carbons (Fsp3) is 0.286. The summed E-state index contributed by atoms with van der Waals surface area (Å²) in [7, 11) is 2.76. The first-order valence-corrected chi connectivity index (χ1v) is 5.87. The fourth-order valence-electron chi connectivity index (χ4n) is 1.68. The van der Waals surface area contributed by atoms with E-state index in [0.29, 0.717) is 12.2 Å². The number of hydrogen-bond acceptors (Lipinski definition) is 5. The highest BCUT2D eigenvalue weighted by Gasteiger charge is 2.24. The van der Waals surface area contributed by atoms with Gasteiger partial charge in [0, 0.05) is 0 Å². The van der Waals surface area contributed by atoms with E-state index < -0.39 is 18.3 Å². The summed E-state index contributed by atoms with van der Waals surface area (Å²) >= 11 is 0. The van der Waals surface area contributed by atoms with E-state index in [1.165, 1.54) is 13.2 Å². The van der Waals surface area contributed by atoms with Crippen LogP contribution in [0.5, 0.6) is 5.75 Å². The smallest absolute Gasteiger partial charge is 0.497 e. The second-order valence-corrected chi connectivity index (χ2v) is 3.81. The molecule has 6 heteroatoms. The third-order valence-corrected chi connectivity index (χ3v) is 2.68. The Morgan fingerprint density at radius 3 is 2.40 bits per heavy atom. The molecule has 1 aromatic rings. The van der Waals surface area contributed by atoms with Gasteiger partial charge >= 0.3 is 6.16 Å². The lowest BCUT2D eigenvalue weighted by Gasteiger charge is -2.24. The SMILES string of the molecule is C=C[C@H](OC(=O)OC)[C@H](NC=O)c1ccc(OC)cc1. The molecule has 0 heterocycles. The zero-order valence-corrected chi connectivity index (χ0v) is 11.4. The summed E-state index contributed by atoms with van der Waals surface area (Å²) in [4.78, 5) is 21.9. The van der Waals surface area contributed by atoms with Gasteiger partial charge in [-0.1, -0.05) is 18.7 Å². The summed E-state index contributed by atoms with van der Waals surface area (Å²) in [6, 6.07) is 6.45. The number of carbonyl (C=O) groups is 2. The molecule has 0 radical (unpaired) electrons. The molecule has 0 aliphatic heterocycles. The molecule has 108 valence electrons. The zero-order valence-electron chi connectivity index (χ0n) is 11.4. The lowest BCUT2D eigenvalue weighted by Crippen LogP contribution is -2.33. The Morgan fingerprint density at radius 1 is 1.30 bits per heavy atom. The Kier molecular flexibility index (Phi) is 6.09. The second kappa shape index (κ2) is 7.83. The van der Waals surface area contributed by atoms with Gasteiger partial charge in [0.15, 0.2) is 0 Å². The van der Waals surface area contributed by atoms with Gasteiger partial charge in [-0.05, 0) is 23.8 Å². The monoisotopic (exact) mass is 279 g/mol. The predicted molar refractivity (Wildman–Crippen MR) is 72.4 cm³/mol. The maximum absolute atomic E-state index is 11.2. The Bertz CT molecular complexity index is 457. The number of carbonyl (C=O) groups excluding carboxylic acids is 2. The van der Waals surface area contributed by atoms with Gasteiger partial charge in [-0.25, -0.2) is 4.79 Å². The van der Waals surface area contributed by atoms with E-state index in [0.717, 1.165) is 5.56 Å². The molecule has 0 spiro atoms. The van der Waals surface area contributed by atoms with E-state index in [-0.39, 0.29) is 0 Å². The fourth-order valence-corrected chi connectivity index (χ4v) is 1.68. The van der Waals surface area contributed by atoms with Crippen molar-refractivity contribution < 1.29 is 23.8 Å². The molecule has 0 saturated heterocycles. The number of nitrogens with one attached hydrogen (secondary N) is 1. The third-order valence-electron chi connectivity index (χ3n) is 2.68. The van der Waals surface area contributed by atoms with Crippen molar-refractivity contribution >= 4 is 12.6 Å². The molecule has 0 saturated carbocycles. The van der Waals surface area contributed by atoms with Gasteiger partial charge in [0.2, 0.25) is 6.41 Å². The highest BCUT2D eigenvalue weighted by atomic mass is 16.7. The molecule has 0 aliphatic rings. The summed E-state index contributed by atoms with van der Waals surface area (Å²) in [5, 5.41) is 2.59. The minimum atomic E-state index is -0.846. The maximum atomic E-state index is 11.2. The van der Waals surface area contributed by atoms with Gasteiger partial charge in [-0.2, -0.15) is 0 Å². The van der Waals surface area contributed by atoms with Gasteiger partial charge in [0.05, 0.1) is 20.3 Å². The van der Waals surface area contributed by atoms with Crippen LogP contribution in [0.3, 0.4) is 0 Å². The highest BCUT2D eigenvalue weighted by molar-refractivity contribution is 5.60. The first-order valence-electron chi connectivity index (χ1n) is 5.87. The lowest BCUT2D eigenvalue weighted by atomic mass is 10.0. The molecule has 0 fully saturated rings. The van der Waals surface area contributed by atoms with Crippen molar-refractivity contribution in [2.45, 2.75) is 12.1 Å². The van der Waals surface area contributed by atoms with Crippen LogP contribution in [0, 0.1) is 0 Å². The van der Waals surface area contributed by atoms with Crippen LogP contribution in [0.25, 0.3) is 0 Å². The lowest BCUT2D eigenvalue weighted by molar-refractivity contribution is -0.111. The quantitative estimate of drug-likeness (QED) is 0.468. The van der Waals surface area contributed by atoms with Crippen LogP contribution in [0.1, 0.15) is 11.6 Å². The van der Waals surface area contributed by atoms with Crippen molar-refractivity contribution in [1.82, 2.24) is 5.32 Å². The summed E-state index contributed by atoms with van der Waals surface area (Å²) in [5.41, 5.74) is 0.742. The van der Waals surface area contributed by atoms with Crippen LogP contribution in [0.15, 0.2) is 36.9 Å². The van der Waals surface area contributed by atoms with Crippen molar-refractivity contribution in [3.05, 3.63) is 42.5 Å². The molecule has 0 aromatic heterocycles. The first kappa shape index (κ1) is 15.6. The van der Waals surface area contributed by atoms with Crippen LogP contribution in [0.2, 0.25) is 0 Å². The minimum absolute atomic E-state index is 0.534. The number of amides is 1. The summed E-state index contributed by atoms with van der Waals surface area (Å²) in [5.74, 6) is 0.683. The Hall–Kier alpha value is -2.50. The van der Waals surface area contributed by atoms with E-state index in [2.05, 4.69) is 16.6 Å². The standard InChI is InChI=1S/C14H17NO5/c1-4-12(20-14(17)19-3)13(15-9-16)10-5-7-11(18-2)8-6-10/h4-9,12-13H,1H2,2-3H3,(H,15,16)/t12-,13+/m0/s1. The van der Waals surface area contributed by atoms with E-state index >= 15 is 0 Å². The van der Waals surface area contributed by atoms with Crippen LogP contribution in [-0.4, -0.2) is 32.9 Å². The number of rotatable bonds is 7. The molecule has 1 amide bonds. The molecule has 6 nitrogen and oxygen atoms in total. The van der Waals surface area contributed by atoms with E-state index in [9.17, 15) is 9.59 Å². The molecule has 1 rings (SSSR count). The third kappa shape index (κ3) is 4.01. The minimum Gasteiger partial charge on any atom is -0.497 e. The van der Waals surface area contributed by atoms with Gasteiger partial charge in [-0.3, -0.25) is 4.79 Å². The average molecular weight is 279 g/mol. The molecule has 1 N–H and O–H groups in total. The predicted octanol–water partition coefficient (Wildman–Crippen LogP) is 1.82. The normalized spacial score (nSPS) is 12.7. The van der Waals surface area contributed by atoms with Crippen LogP contribution < -0.4 is 10.1 Å². The van der Waals surface area contributed by atoms with Crippen molar-refractivity contribution in [2.24, 2.45) is 0 Å². The highest BCUT2D eigenvalue weighted by Crippen LogP contribution is 2.22. The van der Waals surface area contributed by atoms with Gasteiger partial charge < -0.3 is 19.5 Å². The average Bonchev–Trinajstić information content (AvgIpc) is 2.50. The van der Waals surface area contributed by atoms with Crippen molar-refractivity contribution in [3.8, 4) is 5.75 Å². The molecular formula is C14H17NO5. The summed E-state index contributed by atoms with van der Waals surface area (Å²) < 4.78 is 14.5. The largest absolute Gasteiger partial charge is 0.508 e. The molecule has 0 unspecified atom stereocenters. The molecule has 0 aliphatic carbocycles. The number of hydrogen-bond donors (Lipinski definition) is 1. The second-order valence-electron chi connectivity index (χ2n) is 3.81. The van der Waals surface area contributed by atoms with E-state index in [1.54, 1.807) is 31.4 Å². The van der Waals surface area contributed by atoms with Gasteiger partial charge in [0.1, 0.15) is 11.9 Å². The van der Waals surface area contributed by atoms with Gasteiger partial charge in [0.25, 0.3) is 0 Å². The van der Waals surface area contributed by atoms with Crippen molar-refractivity contribution in [1.29, 1.82) is 0 Å². The van der Waals surface area contributed by atoms with Crippen molar-refractivity contribution in [3.63, 3.8) is 0 Å². The molecular weight excluding hydrogens is 262 g/mol. The van der Waals surface area contributed by atoms with Crippen LogP contribution >= 0.6 is 0 Å². The molecule has 1 aromatic carbocycles. The summed E-state index contributed by atoms with van der Waals surface area (Å²) in [6.07, 6.45) is 0.358. The molecule has 0 bridgehead atoms. The first-order chi connectivity index (χ1) is 9.65.